The minimum Gasteiger partial charge on any atom is -0.350 e. The monoisotopic (exact) mass is 266 g/mol. The second-order valence-corrected chi connectivity index (χ2v) is 4.44. The second kappa shape index (κ2) is 7.20. The normalized spacial score (nSPS) is 9.65. The van der Waals surface area contributed by atoms with Crippen LogP contribution in [0.2, 0.25) is 0 Å². The maximum Gasteiger partial charge on any atom is 0.267 e. The van der Waals surface area contributed by atoms with Gasteiger partial charge in [-0.05, 0) is 24.6 Å². The van der Waals surface area contributed by atoms with Crippen LogP contribution in [-0.2, 0) is 6.54 Å². The maximum absolute atomic E-state index is 12.1. The molecule has 1 amide bonds. The third-order valence-corrected chi connectivity index (χ3v) is 2.97. The van der Waals surface area contributed by atoms with Crippen molar-refractivity contribution in [2.45, 2.75) is 19.9 Å². The molecule has 0 radical (unpaired) electrons. The summed E-state index contributed by atoms with van der Waals surface area (Å²) < 4.78 is 1.95. The molecule has 0 aliphatic heterocycles. The first kappa shape index (κ1) is 14.0. The molecule has 20 heavy (non-hydrogen) atoms. The van der Waals surface area contributed by atoms with Gasteiger partial charge in [0, 0.05) is 25.7 Å². The highest BCUT2D eigenvalue weighted by molar-refractivity contribution is 5.92. The van der Waals surface area contributed by atoms with E-state index in [-0.39, 0.29) is 5.91 Å². The summed E-state index contributed by atoms with van der Waals surface area (Å²) in [5.41, 5.74) is 1.85. The molecule has 1 aromatic heterocycles. The average Bonchev–Trinajstić information content (AvgIpc) is 2.93. The van der Waals surface area contributed by atoms with Crippen molar-refractivity contribution in [3.63, 3.8) is 0 Å². The molecule has 0 bridgehead atoms. The molecule has 0 saturated heterocycles. The van der Waals surface area contributed by atoms with Gasteiger partial charge < -0.3 is 9.88 Å². The summed E-state index contributed by atoms with van der Waals surface area (Å²) in [6, 6.07) is 13.8. The lowest BCUT2D eigenvalue weighted by molar-refractivity contribution is 0.0946. The highest BCUT2D eigenvalue weighted by Gasteiger charge is 2.09. The minimum absolute atomic E-state index is 0.0520. The fraction of sp³-hybridized carbons (Fsp3) is 0.235. The Labute approximate surface area is 119 Å². The molecule has 1 aromatic carbocycles. The van der Waals surface area contributed by atoms with Crippen molar-refractivity contribution < 1.29 is 4.79 Å². The van der Waals surface area contributed by atoms with E-state index in [2.05, 4.69) is 29.3 Å². The zero-order valence-corrected chi connectivity index (χ0v) is 11.6. The van der Waals surface area contributed by atoms with Crippen LogP contribution in [0.3, 0.4) is 0 Å². The lowest BCUT2D eigenvalue weighted by Crippen LogP contribution is -2.26. The van der Waals surface area contributed by atoms with Crippen molar-refractivity contribution in [3.8, 4) is 11.8 Å². The van der Waals surface area contributed by atoms with Crippen molar-refractivity contribution in [1.29, 1.82) is 0 Å². The van der Waals surface area contributed by atoms with Gasteiger partial charge in [-0.3, -0.25) is 4.79 Å². The third kappa shape index (κ3) is 3.76. The van der Waals surface area contributed by atoms with E-state index in [9.17, 15) is 4.79 Å². The smallest absolute Gasteiger partial charge is 0.267 e. The average molecular weight is 266 g/mol. The molecule has 0 aliphatic rings. The lowest BCUT2D eigenvalue weighted by atomic mass is 10.2. The topological polar surface area (TPSA) is 34.0 Å². The first-order valence-corrected chi connectivity index (χ1v) is 6.68. The van der Waals surface area contributed by atoms with Gasteiger partial charge in [-0.1, -0.05) is 30.3 Å². The van der Waals surface area contributed by atoms with Crippen LogP contribution in [0.15, 0.2) is 48.7 Å². The summed E-state index contributed by atoms with van der Waals surface area (Å²) in [7, 11) is 0. The molecule has 2 rings (SSSR count). The van der Waals surface area contributed by atoms with Gasteiger partial charge in [0.05, 0.1) is 0 Å². The Bertz CT molecular complexity index is 617. The van der Waals surface area contributed by atoms with Crippen LogP contribution in [0, 0.1) is 11.8 Å². The Balaban J connectivity index is 2.00. The number of nitrogens with one attached hydrogen (secondary N) is 1. The summed E-state index contributed by atoms with van der Waals surface area (Å²) in [4.78, 5) is 12.1. The van der Waals surface area contributed by atoms with Gasteiger partial charge in [-0.2, -0.15) is 0 Å². The van der Waals surface area contributed by atoms with Crippen LogP contribution in [0.1, 0.15) is 29.4 Å². The van der Waals surface area contributed by atoms with E-state index in [4.69, 9.17) is 0 Å². The Morgan fingerprint density at radius 1 is 1.20 bits per heavy atom. The minimum atomic E-state index is -0.0520. The first-order valence-electron chi connectivity index (χ1n) is 6.68. The number of carbonyl (C=O) groups is 1. The Kier molecular flexibility index (Phi) is 5.02. The highest BCUT2D eigenvalue weighted by atomic mass is 16.1. The van der Waals surface area contributed by atoms with E-state index in [1.54, 1.807) is 6.92 Å². The molecule has 3 nitrogen and oxygen atoms in total. The van der Waals surface area contributed by atoms with Crippen molar-refractivity contribution in [3.05, 3.63) is 59.9 Å². The van der Waals surface area contributed by atoms with E-state index in [1.165, 1.54) is 5.56 Å². The van der Waals surface area contributed by atoms with E-state index in [1.807, 2.05) is 41.1 Å². The van der Waals surface area contributed by atoms with E-state index in [0.29, 0.717) is 25.2 Å². The molecule has 0 atom stereocenters. The quantitative estimate of drug-likeness (QED) is 0.655. The summed E-state index contributed by atoms with van der Waals surface area (Å²) >= 11 is 0. The van der Waals surface area contributed by atoms with Crippen LogP contribution in [-0.4, -0.2) is 17.0 Å². The molecule has 0 aliphatic carbocycles. The Morgan fingerprint density at radius 3 is 2.75 bits per heavy atom. The van der Waals surface area contributed by atoms with E-state index < -0.39 is 0 Å². The second-order valence-electron chi connectivity index (χ2n) is 4.44. The molecule has 102 valence electrons. The van der Waals surface area contributed by atoms with Crippen LogP contribution in [0.25, 0.3) is 0 Å². The SMILES string of the molecule is CC#CCCNC(=O)c1cccn1Cc1ccccc1. The number of carbonyl (C=O) groups excluding carboxylic acids is 1. The molecule has 0 unspecified atom stereocenters. The molecule has 0 fully saturated rings. The fourth-order valence-corrected chi connectivity index (χ4v) is 1.99. The van der Waals surface area contributed by atoms with Crippen LogP contribution in [0.5, 0.6) is 0 Å². The predicted molar refractivity (Wildman–Crippen MR) is 80.4 cm³/mol. The molecule has 0 spiro atoms. The Morgan fingerprint density at radius 2 is 2.00 bits per heavy atom. The molecular weight excluding hydrogens is 248 g/mol. The number of amides is 1. The number of rotatable bonds is 5. The molecule has 3 heteroatoms. The van der Waals surface area contributed by atoms with Crippen molar-refractivity contribution in [2.75, 3.05) is 6.54 Å². The molecule has 2 aromatic rings. The largest absolute Gasteiger partial charge is 0.350 e. The summed E-state index contributed by atoms with van der Waals surface area (Å²) in [5, 5.41) is 2.88. The number of benzene rings is 1. The summed E-state index contributed by atoms with van der Waals surface area (Å²) in [6.07, 6.45) is 2.61. The lowest BCUT2D eigenvalue weighted by Gasteiger charge is -2.09. The standard InChI is InChI=1S/C17H18N2O/c1-2-3-7-12-18-17(20)16-11-8-13-19(16)14-15-9-5-4-6-10-15/h4-6,8-11,13H,7,12,14H2,1H3,(H,18,20). The maximum atomic E-state index is 12.1. The number of nitrogens with zero attached hydrogens (tertiary/aromatic N) is 1. The molecule has 1 N–H and O–H groups in total. The number of hydrogen-bond acceptors (Lipinski definition) is 1. The van der Waals surface area contributed by atoms with Gasteiger partial charge in [0.15, 0.2) is 0 Å². The van der Waals surface area contributed by atoms with Gasteiger partial charge >= 0.3 is 0 Å². The van der Waals surface area contributed by atoms with Crippen molar-refractivity contribution >= 4 is 5.91 Å². The van der Waals surface area contributed by atoms with Crippen molar-refractivity contribution in [1.82, 2.24) is 9.88 Å². The first-order chi connectivity index (χ1) is 9.81. The van der Waals surface area contributed by atoms with Gasteiger partial charge in [0.25, 0.3) is 5.91 Å². The van der Waals surface area contributed by atoms with Crippen LogP contribution < -0.4 is 5.32 Å². The Hall–Kier alpha value is -2.47. The van der Waals surface area contributed by atoms with E-state index in [0.717, 1.165) is 0 Å². The third-order valence-electron chi connectivity index (χ3n) is 2.97. The van der Waals surface area contributed by atoms with Crippen LogP contribution >= 0.6 is 0 Å². The van der Waals surface area contributed by atoms with E-state index >= 15 is 0 Å². The molecule has 1 heterocycles. The van der Waals surface area contributed by atoms with Crippen molar-refractivity contribution in [2.24, 2.45) is 0 Å². The highest BCUT2D eigenvalue weighted by Crippen LogP contribution is 2.07. The zero-order chi connectivity index (χ0) is 14.2. The fourth-order valence-electron chi connectivity index (χ4n) is 1.99. The number of hydrogen-bond donors (Lipinski definition) is 1. The molecule has 0 saturated carbocycles. The number of aromatic nitrogens is 1. The predicted octanol–water partition coefficient (Wildman–Crippen LogP) is 2.68. The van der Waals surface area contributed by atoms with Gasteiger partial charge in [0.2, 0.25) is 0 Å². The molecular formula is C17H18N2O. The van der Waals surface area contributed by atoms with Gasteiger partial charge in [0.1, 0.15) is 5.69 Å². The van der Waals surface area contributed by atoms with Crippen LogP contribution in [0.4, 0.5) is 0 Å². The zero-order valence-electron chi connectivity index (χ0n) is 11.6. The summed E-state index contributed by atoms with van der Waals surface area (Å²) in [6.45, 7) is 3.08. The summed E-state index contributed by atoms with van der Waals surface area (Å²) in [5.74, 6) is 5.69. The van der Waals surface area contributed by atoms with Gasteiger partial charge in [-0.15, -0.1) is 11.8 Å². The van der Waals surface area contributed by atoms with Gasteiger partial charge in [-0.25, -0.2) is 0 Å².